The Labute approximate surface area is 174 Å². The predicted octanol–water partition coefficient (Wildman–Crippen LogP) is 4.87. The Morgan fingerprint density at radius 1 is 1.00 bits per heavy atom. The van der Waals surface area contributed by atoms with Gasteiger partial charge in [-0.05, 0) is 73.5 Å². The summed E-state index contributed by atoms with van der Waals surface area (Å²) in [6, 6.07) is 18.9. The van der Waals surface area contributed by atoms with E-state index in [0.717, 1.165) is 22.4 Å². The number of anilines is 1. The fourth-order valence-electron chi connectivity index (χ4n) is 3.15. The van der Waals surface area contributed by atoms with Crippen molar-refractivity contribution in [2.75, 3.05) is 19.0 Å². The summed E-state index contributed by atoms with van der Waals surface area (Å²) in [7, 11) is 1.59. The minimum absolute atomic E-state index is 0.0861. The second-order valence-corrected chi connectivity index (χ2v) is 7.13. The molecule has 0 bridgehead atoms. The van der Waals surface area contributed by atoms with Crippen molar-refractivity contribution in [3.63, 3.8) is 0 Å². The van der Waals surface area contributed by atoms with Gasteiger partial charge in [0.2, 0.25) is 0 Å². The number of aromatic nitrogens is 2. The van der Waals surface area contributed by atoms with E-state index in [-0.39, 0.29) is 12.5 Å². The molecule has 4 rings (SSSR count). The number of aryl methyl sites for hydroxylation is 2. The first-order chi connectivity index (χ1) is 14.5. The molecular formula is C24H23N3O3. The van der Waals surface area contributed by atoms with Crippen molar-refractivity contribution < 1.29 is 14.3 Å². The number of imidazole rings is 1. The van der Waals surface area contributed by atoms with Crippen LogP contribution in [0.1, 0.15) is 11.1 Å². The zero-order valence-electron chi connectivity index (χ0n) is 17.2. The van der Waals surface area contributed by atoms with Gasteiger partial charge in [0.1, 0.15) is 17.3 Å². The number of hydrogen-bond donors (Lipinski definition) is 2. The molecule has 0 saturated heterocycles. The van der Waals surface area contributed by atoms with Crippen molar-refractivity contribution >= 4 is 22.6 Å². The van der Waals surface area contributed by atoms with Crippen LogP contribution in [0.5, 0.6) is 11.5 Å². The zero-order valence-corrected chi connectivity index (χ0v) is 17.2. The highest BCUT2D eigenvalue weighted by molar-refractivity contribution is 5.92. The normalized spacial score (nSPS) is 10.8. The van der Waals surface area contributed by atoms with Gasteiger partial charge in [0.05, 0.1) is 18.1 Å². The quantitative estimate of drug-likeness (QED) is 0.483. The SMILES string of the molecule is COc1cccc(OCC(=O)Nc2ccc(-c3nc4cc(C)c(C)cc4[nH]3)cc2)c1. The summed E-state index contributed by atoms with van der Waals surface area (Å²) in [5.41, 5.74) is 6.05. The number of aromatic amines is 1. The lowest BCUT2D eigenvalue weighted by molar-refractivity contribution is -0.118. The second-order valence-electron chi connectivity index (χ2n) is 7.13. The fraction of sp³-hybridized carbons (Fsp3) is 0.167. The minimum Gasteiger partial charge on any atom is -0.497 e. The van der Waals surface area contributed by atoms with Gasteiger partial charge < -0.3 is 19.8 Å². The van der Waals surface area contributed by atoms with E-state index in [4.69, 9.17) is 9.47 Å². The third kappa shape index (κ3) is 4.27. The lowest BCUT2D eigenvalue weighted by atomic mass is 10.1. The van der Waals surface area contributed by atoms with Gasteiger partial charge >= 0.3 is 0 Å². The summed E-state index contributed by atoms with van der Waals surface area (Å²) in [6.45, 7) is 4.08. The van der Waals surface area contributed by atoms with Gasteiger partial charge in [-0.15, -0.1) is 0 Å². The third-order valence-electron chi connectivity index (χ3n) is 4.95. The number of rotatable bonds is 6. The standard InChI is InChI=1S/C24H23N3O3/c1-15-11-21-22(12-16(15)2)27-24(26-21)17-7-9-18(10-8-17)25-23(28)14-30-20-6-4-5-19(13-20)29-3/h4-13H,14H2,1-3H3,(H,25,28)(H,26,27). The van der Waals surface area contributed by atoms with Gasteiger partial charge in [-0.3, -0.25) is 4.79 Å². The van der Waals surface area contributed by atoms with Gasteiger partial charge in [-0.25, -0.2) is 4.98 Å². The first kappa shape index (κ1) is 19.5. The molecule has 1 amide bonds. The van der Waals surface area contributed by atoms with Gasteiger partial charge in [0.15, 0.2) is 6.61 Å². The van der Waals surface area contributed by atoms with Gasteiger partial charge in [-0.2, -0.15) is 0 Å². The van der Waals surface area contributed by atoms with Crippen molar-refractivity contribution in [1.82, 2.24) is 9.97 Å². The number of nitrogens with zero attached hydrogens (tertiary/aromatic N) is 1. The van der Waals surface area contributed by atoms with Crippen LogP contribution in [-0.4, -0.2) is 29.6 Å². The molecule has 0 aliphatic heterocycles. The van der Waals surface area contributed by atoms with Crippen LogP contribution in [0.4, 0.5) is 5.69 Å². The van der Waals surface area contributed by atoms with Gasteiger partial charge in [0, 0.05) is 17.3 Å². The van der Waals surface area contributed by atoms with E-state index in [1.54, 1.807) is 19.2 Å². The fourth-order valence-corrected chi connectivity index (χ4v) is 3.15. The molecule has 0 radical (unpaired) electrons. The maximum atomic E-state index is 12.2. The van der Waals surface area contributed by atoms with E-state index in [9.17, 15) is 4.79 Å². The summed E-state index contributed by atoms with van der Waals surface area (Å²) in [5.74, 6) is 1.82. The largest absolute Gasteiger partial charge is 0.497 e. The molecule has 6 heteroatoms. The lowest BCUT2D eigenvalue weighted by Crippen LogP contribution is -2.20. The van der Waals surface area contributed by atoms with Gasteiger partial charge in [-0.1, -0.05) is 6.07 Å². The Kier molecular flexibility index (Phi) is 5.39. The molecule has 0 aliphatic carbocycles. The molecule has 0 aliphatic rings. The van der Waals surface area contributed by atoms with E-state index < -0.39 is 0 Å². The first-order valence-electron chi connectivity index (χ1n) is 9.66. The van der Waals surface area contributed by atoms with Crippen LogP contribution < -0.4 is 14.8 Å². The van der Waals surface area contributed by atoms with Crippen molar-refractivity contribution in [2.45, 2.75) is 13.8 Å². The number of fused-ring (bicyclic) bond motifs is 1. The van der Waals surface area contributed by atoms with E-state index in [2.05, 4.69) is 41.3 Å². The zero-order chi connectivity index (χ0) is 21.1. The maximum absolute atomic E-state index is 12.2. The van der Waals surface area contributed by atoms with Crippen molar-refractivity contribution in [1.29, 1.82) is 0 Å². The number of carbonyl (C=O) groups excluding carboxylic acids is 1. The molecule has 0 spiro atoms. The van der Waals surface area contributed by atoms with Crippen LogP contribution >= 0.6 is 0 Å². The van der Waals surface area contributed by atoms with Crippen LogP contribution in [-0.2, 0) is 4.79 Å². The molecule has 1 aromatic heterocycles. The van der Waals surface area contributed by atoms with Crippen LogP contribution in [0.15, 0.2) is 60.7 Å². The van der Waals surface area contributed by atoms with Crippen LogP contribution in [0.3, 0.4) is 0 Å². The maximum Gasteiger partial charge on any atom is 0.262 e. The predicted molar refractivity (Wildman–Crippen MR) is 118 cm³/mol. The summed E-state index contributed by atoms with van der Waals surface area (Å²) in [6.07, 6.45) is 0. The molecule has 3 aromatic carbocycles. The molecule has 152 valence electrons. The molecule has 1 heterocycles. The Morgan fingerprint density at radius 2 is 1.73 bits per heavy atom. The van der Waals surface area contributed by atoms with E-state index in [0.29, 0.717) is 17.2 Å². The molecule has 2 N–H and O–H groups in total. The Hall–Kier alpha value is -3.80. The molecule has 6 nitrogen and oxygen atoms in total. The average molecular weight is 401 g/mol. The molecule has 0 saturated carbocycles. The highest BCUT2D eigenvalue weighted by Gasteiger charge is 2.08. The Balaban J connectivity index is 1.40. The Morgan fingerprint density at radius 3 is 2.50 bits per heavy atom. The van der Waals surface area contributed by atoms with Crippen LogP contribution in [0, 0.1) is 13.8 Å². The molecule has 4 aromatic rings. The topological polar surface area (TPSA) is 76.2 Å². The number of amides is 1. The number of nitrogens with one attached hydrogen (secondary N) is 2. The van der Waals surface area contributed by atoms with Crippen LogP contribution in [0.25, 0.3) is 22.4 Å². The van der Waals surface area contributed by atoms with Crippen LogP contribution in [0.2, 0.25) is 0 Å². The second kappa shape index (κ2) is 8.29. The molecule has 0 fully saturated rings. The molecule has 0 atom stereocenters. The number of ether oxygens (including phenoxy) is 2. The van der Waals surface area contributed by atoms with Crippen molar-refractivity contribution in [3.8, 4) is 22.9 Å². The molecular weight excluding hydrogens is 378 g/mol. The number of H-pyrrole nitrogens is 1. The minimum atomic E-state index is -0.236. The molecule has 0 unspecified atom stereocenters. The van der Waals surface area contributed by atoms with Crippen molar-refractivity contribution in [3.05, 3.63) is 71.8 Å². The van der Waals surface area contributed by atoms with E-state index in [1.807, 2.05) is 36.4 Å². The van der Waals surface area contributed by atoms with E-state index in [1.165, 1.54) is 11.1 Å². The van der Waals surface area contributed by atoms with Gasteiger partial charge in [0.25, 0.3) is 5.91 Å². The highest BCUT2D eigenvalue weighted by atomic mass is 16.5. The van der Waals surface area contributed by atoms with E-state index >= 15 is 0 Å². The number of methoxy groups -OCH3 is 1. The Bertz CT molecular complexity index is 1160. The number of hydrogen-bond acceptors (Lipinski definition) is 4. The highest BCUT2D eigenvalue weighted by Crippen LogP contribution is 2.24. The monoisotopic (exact) mass is 401 g/mol. The summed E-state index contributed by atoms with van der Waals surface area (Å²) >= 11 is 0. The smallest absolute Gasteiger partial charge is 0.262 e. The number of benzene rings is 3. The number of carbonyl (C=O) groups is 1. The summed E-state index contributed by atoms with van der Waals surface area (Å²) < 4.78 is 10.7. The van der Waals surface area contributed by atoms with Crippen molar-refractivity contribution in [2.24, 2.45) is 0 Å². The summed E-state index contributed by atoms with van der Waals surface area (Å²) in [5, 5.41) is 2.84. The third-order valence-corrected chi connectivity index (χ3v) is 4.95. The average Bonchev–Trinajstić information content (AvgIpc) is 3.16. The first-order valence-corrected chi connectivity index (χ1v) is 9.66. The summed E-state index contributed by atoms with van der Waals surface area (Å²) in [4.78, 5) is 20.2. The molecule has 30 heavy (non-hydrogen) atoms. The lowest BCUT2D eigenvalue weighted by Gasteiger charge is -2.09.